The molecule has 0 aromatic carbocycles. The molecule has 2 nitrogen and oxygen atoms in total. The molecule has 1 atom stereocenters. The number of halogens is 1. The molecule has 3 heteroatoms. The predicted octanol–water partition coefficient (Wildman–Crippen LogP) is 3.15. The first kappa shape index (κ1) is 11.0. The Hall–Kier alpha value is -0.500. The zero-order chi connectivity index (χ0) is 10.7. The minimum atomic E-state index is 0.441. The number of rotatable bonds is 6. The molecule has 1 heterocycles. The number of nitrogens with zero attached hydrogens (tertiary/aromatic N) is 2. The molecule has 0 N–H and O–H groups in total. The van der Waals surface area contributed by atoms with Gasteiger partial charge in [0, 0.05) is 24.3 Å². The Labute approximate surface area is 96.6 Å². The molecule has 0 spiro atoms. The van der Waals surface area contributed by atoms with Crippen LogP contribution in [0.1, 0.15) is 37.8 Å². The maximum absolute atomic E-state index is 6.25. The Bertz CT molecular complexity index is 304. The van der Waals surface area contributed by atoms with Gasteiger partial charge in [0.2, 0.25) is 0 Å². The molecule has 1 aromatic heterocycles. The van der Waals surface area contributed by atoms with Gasteiger partial charge in [0.1, 0.15) is 0 Å². The average Bonchev–Trinajstić information content (AvgIpc) is 2.99. The molecule has 0 saturated heterocycles. The third kappa shape index (κ3) is 3.23. The Kier molecular flexibility index (Phi) is 3.68. The summed E-state index contributed by atoms with van der Waals surface area (Å²) in [5, 5.41) is 4.60. The predicted molar refractivity (Wildman–Crippen MR) is 63.1 cm³/mol. The lowest BCUT2D eigenvalue weighted by Gasteiger charge is -2.07. The van der Waals surface area contributed by atoms with Crippen LogP contribution < -0.4 is 0 Å². The summed E-state index contributed by atoms with van der Waals surface area (Å²) in [5.41, 5.74) is 1.33. The van der Waals surface area contributed by atoms with Gasteiger partial charge in [-0.05, 0) is 44.1 Å². The minimum absolute atomic E-state index is 0.441. The zero-order valence-corrected chi connectivity index (χ0v) is 10.1. The van der Waals surface area contributed by atoms with Gasteiger partial charge in [0.05, 0.1) is 0 Å². The monoisotopic (exact) mass is 226 g/mol. The van der Waals surface area contributed by atoms with Gasteiger partial charge in [0.15, 0.2) is 0 Å². The summed E-state index contributed by atoms with van der Waals surface area (Å²) in [6, 6.07) is 2.10. The highest BCUT2D eigenvalue weighted by Crippen LogP contribution is 2.37. The number of aromatic nitrogens is 2. The van der Waals surface area contributed by atoms with Crippen molar-refractivity contribution in [3.05, 3.63) is 18.0 Å². The first-order valence-corrected chi connectivity index (χ1v) is 6.32. The average molecular weight is 227 g/mol. The van der Waals surface area contributed by atoms with Crippen molar-refractivity contribution < 1.29 is 0 Å². The number of hydrogen-bond acceptors (Lipinski definition) is 1. The second-order valence-corrected chi connectivity index (χ2v) is 5.11. The maximum atomic E-state index is 6.25. The molecule has 2 rings (SSSR count). The fraction of sp³-hybridized carbons (Fsp3) is 0.750. The van der Waals surface area contributed by atoms with E-state index in [0.29, 0.717) is 5.38 Å². The van der Waals surface area contributed by atoms with Crippen molar-refractivity contribution in [3.63, 3.8) is 0 Å². The molecule has 0 radical (unpaired) electrons. The van der Waals surface area contributed by atoms with Crippen molar-refractivity contribution in [2.75, 3.05) is 0 Å². The van der Waals surface area contributed by atoms with E-state index in [0.717, 1.165) is 12.3 Å². The molecule has 15 heavy (non-hydrogen) atoms. The van der Waals surface area contributed by atoms with Crippen LogP contribution in [0, 0.1) is 5.92 Å². The fourth-order valence-corrected chi connectivity index (χ4v) is 2.39. The molecular weight excluding hydrogens is 208 g/mol. The summed E-state index contributed by atoms with van der Waals surface area (Å²) in [6.45, 7) is 0. The van der Waals surface area contributed by atoms with Crippen LogP contribution in [0.25, 0.3) is 0 Å². The smallest absolute Gasteiger partial charge is 0.0492 e. The first-order valence-electron chi connectivity index (χ1n) is 5.88. The van der Waals surface area contributed by atoms with Crippen molar-refractivity contribution in [1.82, 2.24) is 9.78 Å². The van der Waals surface area contributed by atoms with Crippen molar-refractivity contribution in [1.29, 1.82) is 0 Å². The molecule has 1 fully saturated rings. The highest BCUT2D eigenvalue weighted by Gasteiger charge is 2.28. The summed E-state index contributed by atoms with van der Waals surface area (Å²) in [4.78, 5) is 0. The molecule has 1 aliphatic rings. The zero-order valence-electron chi connectivity index (χ0n) is 9.32. The number of alkyl halides is 1. The van der Waals surface area contributed by atoms with Gasteiger partial charge in [-0.25, -0.2) is 0 Å². The van der Waals surface area contributed by atoms with Crippen LogP contribution in [-0.2, 0) is 13.5 Å². The van der Waals surface area contributed by atoms with E-state index in [1.54, 1.807) is 0 Å². The Morgan fingerprint density at radius 3 is 2.93 bits per heavy atom. The van der Waals surface area contributed by atoms with E-state index < -0.39 is 0 Å². The molecule has 1 unspecified atom stereocenters. The molecule has 0 amide bonds. The first-order chi connectivity index (χ1) is 7.27. The third-order valence-corrected chi connectivity index (χ3v) is 3.79. The molecule has 0 bridgehead atoms. The Morgan fingerprint density at radius 2 is 2.33 bits per heavy atom. The summed E-state index contributed by atoms with van der Waals surface area (Å²) >= 11 is 6.25. The molecular formula is C12H19ClN2. The quantitative estimate of drug-likeness (QED) is 0.538. The molecule has 1 aromatic rings. The van der Waals surface area contributed by atoms with E-state index in [9.17, 15) is 0 Å². The summed E-state index contributed by atoms with van der Waals surface area (Å²) in [5.74, 6) is 0.836. The highest BCUT2D eigenvalue weighted by molar-refractivity contribution is 6.20. The Morgan fingerprint density at radius 1 is 1.53 bits per heavy atom. The largest absolute Gasteiger partial charge is 0.273 e. The van der Waals surface area contributed by atoms with Crippen LogP contribution in [0.2, 0.25) is 0 Å². The van der Waals surface area contributed by atoms with Gasteiger partial charge < -0.3 is 0 Å². The normalized spacial score (nSPS) is 18.0. The second kappa shape index (κ2) is 5.02. The SMILES string of the molecule is Cn1nccc1CCCCC(Cl)C1CC1. The molecule has 0 aliphatic heterocycles. The van der Waals surface area contributed by atoms with E-state index in [1.165, 1.54) is 37.8 Å². The molecule has 1 aliphatic carbocycles. The number of aryl methyl sites for hydroxylation is 2. The van der Waals surface area contributed by atoms with Gasteiger partial charge in [-0.3, -0.25) is 4.68 Å². The lowest BCUT2D eigenvalue weighted by atomic mass is 10.1. The second-order valence-electron chi connectivity index (χ2n) is 4.55. The van der Waals surface area contributed by atoms with Crippen molar-refractivity contribution in [2.45, 2.75) is 43.9 Å². The lowest BCUT2D eigenvalue weighted by molar-refractivity contribution is 0.594. The van der Waals surface area contributed by atoms with Gasteiger partial charge in [-0.15, -0.1) is 11.6 Å². The molecule has 1 saturated carbocycles. The van der Waals surface area contributed by atoms with Crippen molar-refractivity contribution in [2.24, 2.45) is 13.0 Å². The summed E-state index contributed by atoms with van der Waals surface area (Å²) < 4.78 is 1.96. The summed E-state index contributed by atoms with van der Waals surface area (Å²) in [6.07, 6.45) is 9.37. The van der Waals surface area contributed by atoms with Crippen LogP contribution in [0.3, 0.4) is 0 Å². The maximum Gasteiger partial charge on any atom is 0.0492 e. The van der Waals surface area contributed by atoms with Crippen LogP contribution in [0.5, 0.6) is 0 Å². The summed E-state index contributed by atoms with van der Waals surface area (Å²) in [7, 11) is 2.00. The van der Waals surface area contributed by atoms with Crippen molar-refractivity contribution in [3.8, 4) is 0 Å². The van der Waals surface area contributed by atoms with E-state index in [4.69, 9.17) is 11.6 Å². The van der Waals surface area contributed by atoms with E-state index >= 15 is 0 Å². The van der Waals surface area contributed by atoms with Crippen molar-refractivity contribution >= 4 is 11.6 Å². The topological polar surface area (TPSA) is 17.8 Å². The van der Waals surface area contributed by atoms with E-state index in [1.807, 2.05) is 17.9 Å². The van der Waals surface area contributed by atoms with Gasteiger partial charge in [-0.2, -0.15) is 5.10 Å². The van der Waals surface area contributed by atoms with E-state index in [-0.39, 0.29) is 0 Å². The highest BCUT2D eigenvalue weighted by atomic mass is 35.5. The van der Waals surface area contributed by atoms with Gasteiger partial charge >= 0.3 is 0 Å². The lowest BCUT2D eigenvalue weighted by Crippen LogP contribution is -2.02. The molecule has 84 valence electrons. The van der Waals surface area contributed by atoms with E-state index in [2.05, 4.69) is 11.2 Å². The number of hydrogen-bond donors (Lipinski definition) is 0. The van der Waals surface area contributed by atoms with Crippen LogP contribution in [0.15, 0.2) is 12.3 Å². The van der Waals surface area contributed by atoms with Gasteiger partial charge in [0.25, 0.3) is 0 Å². The standard InChI is InChI=1S/C12H19ClN2/c1-15-11(8-9-14-15)4-2-3-5-12(13)10-6-7-10/h8-10,12H,2-7H2,1H3. The van der Waals surface area contributed by atoms with Crippen LogP contribution in [-0.4, -0.2) is 15.2 Å². The van der Waals surface area contributed by atoms with Crippen LogP contribution in [0.4, 0.5) is 0 Å². The van der Waals surface area contributed by atoms with Crippen LogP contribution >= 0.6 is 11.6 Å². The Balaban J connectivity index is 1.60. The van der Waals surface area contributed by atoms with Gasteiger partial charge in [-0.1, -0.05) is 6.42 Å². The fourth-order valence-electron chi connectivity index (χ4n) is 1.99. The third-order valence-electron chi connectivity index (χ3n) is 3.22. The minimum Gasteiger partial charge on any atom is -0.273 e. The number of unbranched alkanes of at least 4 members (excludes halogenated alkanes) is 1.